The summed E-state index contributed by atoms with van der Waals surface area (Å²) < 4.78 is 31.8. The van der Waals surface area contributed by atoms with E-state index in [1.54, 1.807) is 44.6 Å². The van der Waals surface area contributed by atoms with Crippen molar-refractivity contribution in [1.82, 2.24) is 9.88 Å². The normalized spacial score (nSPS) is 16.5. The molecule has 3 aromatic rings. The average molecular weight is 456 g/mol. The molecule has 0 aliphatic carbocycles. The summed E-state index contributed by atoms with van der Waals surface area (Å²) in [6.07, 6.45) is 4.15. The lowest BCUT2D eigenvalue weighted by molar-refractivity contribution is 0.0678. The molecular formula is C25H30FN3O4. The number of fused-ring (bicyclic) bond motifs is 1. The van der Waals surface area contributed by atoms with Crippen LogP contribution < -0.4 is 19.5 Å². The maximum Gasteiger partial charge on any atom is 0.167 e. The van der Waals surface area contributed by atoms with Crippen LogP contribution in [-0.2, 0) is 0 Å². The minimum Gasteiger partial charge on any atom is -0.493 e. The molecule has 7 nitrogen and oxygen atoms in total. The molecule has 8 heteroatoms. The van der Waals surface area contributed by atoms with Gasteiger partial charge in [0, 0.05) is 49.5 Å². The van der Waals surface area contributed by atoms with Crippen molar-refractivity contribution in [3.63, 3.8) is 0 Å². The van der Waals surface area contributed by atoms with Crippen LogP contribution in [0.1, 0.15) is 19.3 Å². The van der Waals surface area contributed by atoms with E-state index in [-0.39, 0.29) is 11.9 Å². The first-order chi connectivity index (χ1) is 16.1. The molecule has 33 heavy (non-hydrogen) atoms. The van der Waals surface area contributed by atoms with Crippen LogP contribution >= 0.6 is 0 Å². The smallest absolute Gasteiger partial charge is 0.167 e. The lowest BCUT2D eigenvalue weighted by Gasteiger charge is -2.29. The second-order valence-electron chi connectivity index (χ2n) is 8.13. The van der Waals surface area contributed by atoms with Crippen molar-refractivity contribution in [2.24, 2.45) is 0 Å². The minimum atomic E-state index is -0.458. The first-order valence-electron chi connectivity index (χ1n) is 11.2. The Kier molecular flexibility index (Phi) is 7.47. The van der Waals surface area contributed by atoms with Crippen LogP contribution in [0.15, 0.2) is 42.6 Å². The highest BCUT2D eigenvalue weighted by atomic mass is 19.1. The molecule has 1 unspecified atom stereocenters. The average Bonchev–Trinajstić information content (AvgIpc) is 2.82. The molecule has 0 amide bonds. The van der Waals surface area contributed by atoms with E-state index in [1.165, 1.54) is 6.07 Å². The molecule has 1 aliphatic rings. The molecule has 1 atom stereocenters. The number of hydrogen-bond acceptors (Lipinski definition) is 7. The standard InChI is InChI=1S/C25H30FN3O4/c1-27-17-6-7-23(20(26)13-17)33-22-8-9-28-21-15-25(24(31-2)14-19(21)22)32-12-4-11-29-10-3-5-18(30)16-29/h6-9,13-15,18,27,30H,3-5,10-12,16H2,1-2H3. The number of halogens is 1. The molecule has 1 aliphatic heterocycles. The molecule has 4 rings (SSSR count). The quantitative estimate of drug-likeness (QED) is 0.462. The van der Waals surface area contributed by atoms with E-state index in [1.807, 2.05) is 6.07 Å². The number of anilines is 1. The topological polar surface area (TPSA) is 76.1 Å². The largest absolute Gasteiger partial charge is 0.493 e. The summed E-state index contributed by atoms with van der Waals surface area (Å²) in [7, 11) is 3.31. The van der Waals surface area contributed by atoms with E-state index in [4.69, 9.17) is 14.2 Å². The molecule has 0 spiro atoms. The fraction of sp³-hybridized carbons (Fsp3) is 0.400. The van der Waals surface area contributed by atoms with Crippen molar-refractivity contribution >= 4 is 16.6 Å². The molecule has 0 saturated carbocycles. The zero-order valence-electron chi connectivity index (χ0n) is 19.0. The Morgan fingerprint density at radius 1 is 1.15 bits per heavy atom. The summed E-state index contributed by atoms with van der Waals surface area (Å²) in [5.74, 6) is 1.30. The number of rotatable bonds is 9. The van der Waals surface area contributed by atoms with Gasteiger partial charge < -0.3 is 29.5 Å². The summed E-state index contributed by atoms with van der Waals surface area (Å²) in [4.78, 5) is 6.69. The number of likely N-dealkylation sites (tertiary alicyclic amines) is 1. The van der Waals surface area contributed by atoms with E-state index >= 15 is 0 Å². The maximum atomic E-state index is 14.4. The van der Waals surface area contributed by atoms with Gasteiger partial charge in [-0.3, -0.25) is 4.98 Å². The Morgan fingerprint density at radius 2 is 2.03 bits per heavy atom. The molecule has 176 valence electrons. The van der Waals surface area contributed by atoms with Crippen molar-refractivity contribution in [1.29, 1.82) is 0 Å². The van der Waals surface area contributed by atoms with Crippen LogP contribution in [-0.4, -0.2) is 61.5 Å². The van der Waals surface area contributed by atoms with Crippen LogP contribution in [0.4, 0.5) is 10.1 Å². The number of aromatic nitrogens is 1. The first kappa shape index (κ1) is 23.1. The SMILES string of the molecule is CNc1ccc(Oc2ccnc3cc(OCCCN4CCCC(O)C4)c(OC)cc23)c(F)c1. The Morgan fingerprint density at radius 3 is 2.79 bits per heavy atom. The molecule has 1 saturated heterocycles. The predicted molar refractivity (Wildman–Crippen MR) is 126 cm³/mol. The fourth-order valence-electron chi connectivity index (χ4n) is 4.05. The molecule has 1 aromatic heterocycles. The van der Waals surface area contributed by atoms with Crippen LogP contribution in [0.2, 0.25) is 0 Å². The van der Waals surface area contributed by atoms with Gasteiger partial charge in [-0.25, -0.2) is 4.39 Å². The van der Waals surface area contributed by atoms with Crippen LogP contribution in [0.3, 0.4) is 0 Å². The second-order valence-corrected chi connectivity index (χ2v) is 8.13. The highest BCUT2D eigenvalue weighted by Gasteiger charge is 2.17. The maximum absolute atomic E-state index is 14.4. The van der Waals surface area contributed by atoms with E-state index in [0.29, 0.717) is 40.4 Å². The van der Waals surface area contributed by atoms with Crippen molar-refractivity contribution < 1.29 is 23.7 Å². The highest BCUT2D eigenvalue weighted by molar-refractivity contribution is 5.88. The summed E-state index contributed by atoms with van der Waals surface area (Å²) in [6, 6.07) is 10.0. The molecule has 0 radical (unpaired) electrons. The molecule has 2 N–H and O–H groups in total. The fourth-order valence-corrected chi connectivity index (χ4v) is 4.05. The van der Waals surface area contributed by atoms with Gasteiger partial charge in [0.15, 0.2) is 23.1 Å². The van der Waals surface area contributed by atoms with Gasteiger partial charge in [0.1, 0.15) is 5.75 Å². The zero-order valence-corrected chi connectivity index (χ0v) is 19.0. The molecular weight excluding hydrogens is 425 g/mol. The number of nitrogens with zero attached hydrogens (tertiary/aromatic N) is 2. The number of pyridine rings is 1. The van der Waals surface area contributed by atoms with Crippen molar-refractivity contribution in [2.45, 2.75) is 25.4 Å². The number of aliphatic hydroxyl groups is 1. The Bertz CT molecular complexity index is 1090. The highest BCUT2D eigenvalue weighted by Crippen LogP contribution is 2.37. The summed E-state index contributed by atoms with van der Waals surface area (Å²) >= 11 is 0. The van der Waals surface area contributed by atoms with Gasteiger partial charge in [0.05, 0.1) is 25.3 Å². The first-order valence-corrected chi connectivity index (χ1v) is 11.2. The number of benzene rings is 2. The van der Waals surface area contributed by atoms with E-state index in [9.17, 15) is 9.50 Å². The number of ether oxygens (including phenoxy) is 3. The third-order valence-electron chi connectivity index (χ3n) is 5.78. The third-order valence-corrected chi connectivity index (χ3v) is 5.78. The van der Waals surface area contributed by atoms with Gasteiger partial charge >= 0.3 is 0 Å². The van der Waals surface area contributed by atoms with E-state index in [0.717, 1.165) is 38.9 Å². The monoisotopic (exact) mass is 455 g/mol. The number of aliphatic hydroxyl groups excluding tert-OH is 1. The number of piperidine rings is 1. The lowest BCUT2D eigenvalue weighted by atomic mass is 10.1. The summed E-state index contributed by atoms with van der Waals surface area (Å²) in [5.41, 5.74) is 1.33. The van der Waals surface area contributed by atoms with Crippen LogP contribution in [0, 0.1) is 5.82 Å². The van der Waals surface area contributed by atoms with Gasteiger partial charge in [-0.05, 0) is 50.1 Å². The minimum absolute atomic E-state index is 0.128. The van der Waals surface area contributed by atoms with E-state index in [2.05, 4.69) is 15.2 Å². The Balaban J connectivity index is 1.47. The predicted octanol–water partition coefficient (Wildman–Crippen LogP) is 4.44. The van der Waals surface area contributed by atoms with Crippen LogP contribution in [0.25, 0.3) is 10.9 Å². The van der Waals surface area contributed by atoms with Gasteiger partial charge in [-0.1, -0.05) is 0 Å². The van der Waals surface area contributed by atoms with Gasteiger partial charge in [-0.15, -0.1) is 0 Å². The van der Waals surface area contributed by atoms with Gasteiger partial charge in [0.2, 0.25) is 0 Å². The van der Waals surface area contributed by atoms with Crippen molar-refractivity contribution in [2.75, 3.05) is 45.7 Å². The van der Waals surface area contributed by atoms with Crippen LogP contribution in [0.5, 0.6) is 23.0 Å². The Labute approximate surface area is 193 Å². The van der Waals surface area contributed by atoms with Crippen molar-refractivity contribution in [3.8, 4) is 23.0 Å². The summed E-state index contributed by atoms with van der Waals surface area (Å²) in [6.45, 7) is 3.14. The molecule has 0 bridgehead atoms. The molecule has 2 aromatic carbocycles. The third kappa shape index (κ3) is 5.64. The lowest BCUT2D eigenvalue weighted by Crippen LogP contribution is -2.39. The number of methoxy groups -OCH3 is 1. The molecule has 2 heterocycles. The Hall–Kier alpha value is -3.10. The van der Waals surface area contributed by atoms with Gasteiger partial charge in [0.25, 0.3) is 0 Å². The number of β-amino-alcohol motifs (C(OH)–C–C–N with tert-alkyl or cyclic N) is 1. The van der Waals surface area contributed by atoms with Crippen molar-refractivity contribution in [3.05, 3.63) is 48.4 Å². The van der Waals surface area contributed by atoms with Gasteiger partial charge in [-0.2, -0.15) is 0 Å². The zero-order chi connectivity index (χ0) is 23.2. The summed E-state index contributed by atoms with van der Waals surface area (Å²) in [5, 5.41) is 13.4. The second kappa shape index (κ2) is 10.7. The van der Waals surface area contributed by atoms with E-state index < -0.39 is 5.82 Å². The molecule has 1 fully saturated rings. The number of nitrogens with one attached hydrogen (secondary N) is 1. The number of hydrogen-bond donors (Lipinski definition) is 2.